The van der Waals surface area contributed by atoms with Crippen LogP contribution in [0, 0.1) is 29.6 Å². The number of carboxylic acid groups (broad SMARTS) is 2. The summed E-state index contributed by atoms with van der Waals surface area (Å²) in [6.45, 7) is 18.3. The number of aliphatic hydroxyl groups is 1. The number of unbranched alkanes of at least 4 members (excludes halogenated alkanes) is 4. The number of carbonyl (C=O) groups is 14. The minimum atomic E-state index is -1.79. The van der Waals surface area contributed by atoms with Gasteiger partial charge in [0.1, 0.15) is 78.3 Å². The molecule has 35 heteroatoms. The summed E-state index contributed by atoms with van der Waals surface area (Å²) < 4.78 is 0. The average Bonchev–Trinajstić information content (AvgIpc) is 1.62. The maximum atomic E-state index is 14.9. The molecule has 0 saturated carbocycles. The lowest BCUT2D eigenvalue weighted by molar-refractivity contribution is -0.144. The summed E-state index contributed by atoms with van der Waals surface area (Å²) in [6.07, 6.45) is 4.04. The van der Waals surface area contributed by atoms with Gasteiger partial charge in [-0.15, -0.1) is 0 Å². The highest BCUT2D eigenvalue weighted by Gasteiger charge is 2.40. The molecule has 1 aromatic carbocycles. The number of amides is 12. The number of rotatable bonds is 57. The van der Waals surface area contributed by atoms with Gasteiger partial charge < -0.3 is 112 Å². The molecule has 2 rings (SSSR count). The molecule has 111 heavy (non-hydrogen) atoms. The van der Waals surface area contributed by atoms with E-state index in [1.165, 1.54) is 12.1 Å². The Bertz CT molecular complexity index is 3100. The number of aromatic hydroxyl groups is 1. The number of hydrogen-bond acceptors (Lipinski definition) is 21. The van der Waals surface area contributed by atoms with Crippen LogP contribution in [0.2, 0.25) is 0 Å². The maximum Gasteiger partial charge on any atom is 0.328 e. The smallest absolute Gasteiger partial charge is 0.328 e. The Kier molecular flexibility index (Phi) is 47.3. The van der Waals surface area contributed by atoms with Gasteiger partial charge in [0.15, 0.2) is 0 Å². The molecule has 630 valence electrons. The minimum absolute atomic E-state index is 0.000803. The fraction of sp³-hybridized carbons (Fsp3) is 0.737. The van der Waals surface area contributed by atoms with Gasteiger partial charge in [-0.2, -0.15) is 0 Å². The summed E-state index contributed by atoms with van der Waals surface area (Å²) in [6, 6.07) is -11.0. The van der Waals surface area contributed by atoms with Crippen molar-refractivity contribution in [1.29, 1.82) is 0 Å². The zero-order valence-corrected chi connectivity index (χ0v) is 66.8. The number of phenols is 1. The van der Waals surface area contributed by atoms with Gasteiger partial charge in [-0.05, 0) is 196 Å². The van der Waals surface area contributed by atoms with Crippen LogP contribution in [0.4, 0.5) is 0 Å². The van der Waals surface area contributed by atoms with Crippen molar-refractivity contribution >= 4 is 82.8 Å². The van der Waals surface area contributed by atoms with Crippen LogP contribution in [0.15, 0.2) is 24.3 Å². The maximum absolute atomic E-state index is 14.9. The van der Waals surface area contributed by atoms with Crippen LogP contribution < -0.4 is 92.1 Å². The van der Waals surface area contributed by atoms with Crippen LogP contribution in [-0.4, -0.2) is 221 Å². The van der Waals surface area contributed by atoms with Gasteiger partial charge >= 0.3 is 11.9 Å². The van der Waals surface area contributed by atoms with Crippen molar-refractivity contribution in [3.8, 4) is 5.75 Å². The quantitative estimate of drug-likeness (QED) is 0.0355. The van der Waals surface area contributed by atoms with Crippen molar-refractivity contribution in [2.24, 2.45) is 52.5 Å². The highest BCUT2D eigenvalue weighted by molar-refractivity contribution is 6.00. The molecule has 12 amide bonds. The molecule has 15 unspecified atom stereocenters. The van der Waals surface area contributed by atoms with E-state index in [9.17, 15) is 87.5 Å². The first-order valence-corrected chi connectivity index (χ1v) is 39.6. The van der Waals surface area contributed by atoms with Gasteiger partial charge in [0.25, 0.3) is 0 Å². The number of aliphatic hydroxyl groups excluding tert-OH is 1. The second-order valence-corrected chi connectivity index (χ2v) is 30.4. The van der Waals surface area contributed by atoms with E-state index in [1.807, 2.05) is 13.8 Å². The third-order valence-electron chi connectivity index (χ3n) is 19.4. The first-order valence-electron chi connectivity index (χ1n) is 39.6. The number of aliphatic carboxylic acids is 2. The van der Waals surface area contributed by atoms with E-state index in [2.05, 4.69) is 69.1 Å². The van der Waals surface area contributed by atoms with Crippen LogP contribution in [0.25, 0.3) is 0 Å². The van der Waals surface area contributed by atoms with Gasteiger partial charge in [0.05, 0.1) is 12.6 Å². The Morgan fingerprint density at radius 1 is 0.405 bits per heavy atom. The lowest BCUT2D eigenvalue weighted by Crippen LogP contribution is -2.62. The molecule has 1 saturated heterocycles. The number of phenolic OH excluding ortho intramolecular Hbond substituents is 1. The summed E-state index contributed by atoms with van der Waals surface area (Å²) in [5.74, 6) is -14.2. The molecular weight excluding hydrogens is 1440 g/mol. The predicted octanol–water partition coefficient (Wildman–Crippen LogP) is -0.807. The summed E-state index contributed by atoms with van der Waals surface area (Å²) >= 11 is 0. The van der Waals surface area contributed by atoms with Gasteiger partial charge in [-0.25, -0.2) is 4.79 Å². The van der Waals surface area contributed by atoms with Crippen molar-refractivity contribution in [3.05, 3.63) is 29.8 Å². The second kappa shape index (κ2) is 53.3. The van der Waals surface area contributed by atoms with Gasteiger partial charge in [-0.1, -0.05) is 94.2 Å². The molecule has 0 bridgehead atoms. The fourth-order valence-electron chi connectivity index (χ4n) is 12.5. The largest absolute Gasteiger partial charge is 0.508 e. The van der Waals surface area contributed by atoms with Crippen molar-refractivity contribution in [2.75, 3.05) is 39.3 Å². The molecule has 15 atom stereocenters. The van der Waals surface area contributed by atoms with Crippen LogP contribution in [0.5, 0.6) is 5.75 Å². The van der Waals surface area contributed by atoms with Gasteiger partial charge in [0, 0.05) is 12.8 Å². The Balaban J connectivity index is 2.57. The predicted molar refractivity (Wildman–Crippen MR) is 416 cm³/mol. The van der Waals surface area contributed by atoms with E-state index in [1.54, 1.807) is 67.5 Å². The van der Waals surface area contributed by atoms with E-state index in [4.69, 9.17) is 22.9 Å². The number of nitrogens with one attached hydrogen (secondary N) is 13. The lowest BCUT2D eigenvalue weighted by Gasteiger charge is -2.31. The number of benzene rings is 1. The first kappa shape index (κ1) is 98.4. The SMILES string of the molecule is CCC(C)C(NC(=O)C(CCCCN)NC(=O)C(CCCCN)NC(=O)C(Cc1ccc(O)cc1)NC(=O)C(CC(C)C)NC(=O)C1CCCN1)C(=O)NC(C(=O)NC(CCCCN)C(=O)NC(CCCCN)C(=O)NC(CC(C)C)C(=O)NC(CC(C)C)C(=O)NC(CCC(=O)O)C(=O)NC(CO)C(=O)O)C(C)CC. The number of hydrogen-bond donors (Lipinski definition) is 21. The lowest BCUT2D eigenvalue weighted by atomic mass is 9.94. The molecule has 35 nitrogen and oxygen atoms in total. The van der Waals surface area contributed by atoms with E-state index < -0.39 is 187 Å². The fourth-order valence-corrected chi connectivity index (χ4v) is 12.5. The number of nitrogens with two attached hydrogens (primary N) is 4. The second-order valence-electron chi connectivity index (χ2n) is 30.4. The van der Waals surface area contributed by atoms with Gasteiger partial charge in [0.2, 0.25) is 70.9 Å². The van der Waals surface area contributed by atoms with E-state index in [0.29, 0.717) is 82.7 Å². The standard InChI is InChI=1S/C76H133N17O18/c1-11-46(9)62(74(108)86-53(24-15-19-35-79)66(100)82-52(23-14-18-34-78)67(101)88-58(40-45(7)8)71(105)89-56(38-43(3)4)70(104)85-55(31-32-61(96)97)68(102)91-60(42-94)76(110)111)93-75(109)63(47(10)12-2)92-69(103)54(25-16-20-36-80)83-65(99)51(22-13-17-33-77)84-73(107)59(41-48-27-29-49(95)30-28-48)90-72(106)57(39-44(5)6)87-64(98)50-26-21-37-81-50/h27-30,43-47,50-60,62-63,81,94-95H,11-26,31-42,77-80H2,1-10H3,(H,82,100)(H,83,99)(H,84,107)(H,85,104)(H,86,108)(H,87,98)(H,88,101)(H,89,105)(H,90,106)(H,91,102)(H,92,103)(H,93,109)(H,96,97)(H,110,111). The molecule has 1 fully saturated rings. The monoisotopic (exact) mass is 1570 g/mol. The van der Waals surface area contributed by atoms with Crippen LogP contribution in [0.1, 0.15) is 210 Å². The summed E-state index contributed by atoms with van der Waals surface area (Å²) in [7, 11) is 0. The van der Waals surface area contributed by atoms with Crippen molar-refractivity contribution < 1.29 is 87.5 Å². The number of carboxylic acids is 2. The average molecular weight is 1570 g/mol. The zero-order valence-electron chi connectivity index (χ0n) is 66.8. The summed E-state index contributed by atoms with van der Waals surface area (Å²) in [5, 5.41) is 74.1. The van der Waals surface area contributed by atoms with E-state index in [0.717, 1.165) is 6.42 Å². The van der Waals surface area contributed by atoms with Crippen molar-refractivity contribution in [3.63, 3.8) is 0 Å². The Hall–Kier alpha value is -8.64. The summed E-state index contributed by atoms with van der Waals surface area (Å²) in [5.41, 5.74) is 24.1. The molecule has 25 N–H and O–H groups in total. The molecule has 0 aromatic heterocycles. The van der Waals surface area contributed by atoms with E-state index >= 15 is 0 Å². The molecule has 1 aliphatic heterocycles. The normalized spacial score (nSPS) is 16.5. The Labute approximate surface area is 653 Å². The summed E-state index contributed by atoms with van der Waals surface area (Å²) in [4.78, 5) is 196. The third-order valence-corrected chi connectivity index (χ3v) is 19.4. The van der Waals surface area contributed by atoms with Crippen LogP contribution in [-0.2, 0) is 73.5 Å². The topological polar surface area (TPSA) is 580 Å². The van der Waals surface area contributed by atoms with Crippen molar-refractivity contribution in [1.82, 2.24) is 69.1 Å². The van der Waals surface area contributed by atoms with Crippen LogP contribution >= 0.6 is 0 Å². The minimum Gasteiger partial charge on any atom is -0.508 e. The number of carbonyl (C=O) groups excluding carboxylic acids is 12. The Morgan fingerprint density at radius 3 is 1.05 bits per heavy atom. The molecule has 1 aliphatic rings. The molecule has 0 radical (unpaired) electrons. The first-order chi connectivity index (χ1) is 52.6. The molecular formula is C76H133N17O18. The van der Waals surface area contributed by atoms with Gasteiger partial charge in [-0.3, -0.25) is 62.3 Å². The molecule has 0 aliphatic carbocycles. The molecule has 0 spiro atoms. The zero-order chi connectivity index (χ0) is 83.4. The highest BCUT2D eigenvalue weighted by atomic mass is 16.4. The van der Waals surface area contributed by atoms with E-state index in [-0.39, 0.29) is 107 Å². The van der Waals surface area contributed by atoms with Crippen molar-refractivity contribution in [2.45, 2.75) is 289 Å². The third kappa shape index (κ3) is 37.5. The van der Waals surface area contributed by atoms with Crippen LogP contribution in [0.3, 0.4) is 0 Å². The highest BCUT2D eigenvalue weighted by Crippen LogP contribution is 2.19. The molecule has 1 aromatic rings. The molecule has 1 heterocycles. The Morgan fingerprint density at radius 2 is 0.712 bits per heavy atom.